The Morgan fingerprint density at radius 3 is 2.79 bits per heavy atom. The molecular weight excluding hydrogens is 174 g/mol. The van der Waals surface area contributed by atoms with Gasteiger partial charge < -0.3 is 10.4 Å². The van der Waals surface area contributed by atoms with E-state index < -0.39 is 0 Å². The first-order chi connectivity index (χ1) is 6.86. The number of benzene rings is 1. The molecule has 0 saturated carbocycles. The van der Waals surface area contributed by atoms with Crippen LogP contribution in [-0.4, -0.2) is 23.8 Å². The molecule has 2 N–H and O–H groups in total. The fourth-order valence-electron chi connectivity index (χ4n) is 2.01. The molecule has 0 aliphatic carbocycles. The van der Waals surface area contributed by atoms with Crippen LogP contribution in [0.5, 0.6) is 0 Å². The van der Waals surface area contributed by atoms with E-state index in [-0.39, 0.29) is 12.1 Å². The zero-order valence-corrected chi connectivity index (χ0v) is 8.32. The summed E-state index contributed by atoms with van der Waals surface area (Å²) in [6.07, 6.45) is 2.78. The predicted octanol–water partition coefficient (Wildman–Crippen LogP) is 1.34. The Balaban J connectivity index is 1.96. The van der Waals surface area contributed by atoms with Crippen LogP contribution in [0.4, 0.5) is 0 Å². The Hall–Kier alpha value is -0.860. The minimum Gasteiger partial charge on any atom is -0.391 e. The lowest BCUT2D eigenvalue weighted by molar-refractivity contribution is 0.0964. The van der Waals surface area contributed by atoms with Crippen LogP contribution >= 0.6 is 0 Å². The molecule has 2 rings (SSSR count). The first-order valence-corrected chi connectivity index (χ1v) is 5.31. The third-order valence-corrected chi connectivity index (χ3v) is 2.85. The fraction of sp³-hybridized carbons (Fsp3) is 0.500. The molecule has 1 aromatic carbocycles. The molecule has 0 radical (unpaired) electrons. The van der Waals surface area contributed by atoms with E-state index in [4.69, 9.17) is 0 Å². The van der Waals surface area contributed by atoms with Crippen molar-refractivity contribution in [3.05, 3.63) is 35.9 Å². The van der Waals surface area contributed by atoms with Crippen molar-refractivity contribution < 1.29 is 5.11 Å². The Kier molecular flexibility index (Phi) is 3.17. The van der Waals surface area contributed by atoms with E-state index in [0.29, 0.717) is 0 Å². The summed E-state index contributed by atoms with van der Waals surface area (Å²) in [5.41, 5.74) is 1.30. The van der Waals surface area contributed by atoms with Crippen LogP contribution in [0.1, 0.15) is 18.4 Å². The van der Waals surface area contributed by atoms with Crippen molar-refractivity contribution in [3.8, 4) is 0 Å². The van der Waals surface area contributed by atoms with Crippen molar-refractivity contribution in [3.63, 3.8) is 0 Å². The summed E-state index contributed by atoms with van der Waals surface area (Å²) in [5.74, 6) is 0. The molecular formula is C12H17NO. The van der Waals surface area contributed by atoms with Crippen molar-refractivity contribution in [2.75, 3.05) is 6.54 Å². The van der Waals surface area contributed by atoms with Gasteiger partial charge in [-0.3, -0.25) is 0 Å². The van der Waals surface area contributed by atoms with Crippen LogP contribution in [0, 0.1) is 0 Å². The molecule has 1 saturated heterocycles. The highest BCUT2D eigenvalue weighted by Gasteiger charge is 2.22. The van der Waals surface area contributed by atoms with Crippen LogP contribution in [0.3, 0.4) is 0 Å². The molecule has 1 aromatic rings. The highest BCUT2D eigenvalue weighted by molar-refractivity contribution is 5.16. The maximum Gasteiger partial charge on any atom is 0.0696 e. The number of hydrogen-bond donors (Lipinski definition) is 2. The molecule has 1 aliphatic heterocycles. The van der Waals surface area contributed by atoms with Gasteiger partial charge in [0.1, 0.15) is 0 Å². The van der Waals surface area contributed by atoms with Gasteiger partial charge in [0.05, 0.1) is 6.10 Å². The second kappa shape index (κ2) is 4.58. The van der Waals surface area contributed by atoms with Gasteiger partial charge in [-0.1, -0.05) is 30.3 Å². The minimum atomic E-state index is -0.177. The lowest BCUT2D eigenvalue weighted by Crippen LogP contribution is -2.46. The molecule has 0 amide bonds. The third kappa shape index (κ3) is 2.34. The second-order valence-corrected chi connectivity index (χ2v) is 3.96. The van der Waals surface area contributed by atoms with Crippen molar-refractivity contribution in [1.82, 2.24) is 5.32 Å². The number of hydrogen-bond acceptors (Lipinski definition) is 2. The number of nitrogens with one attached hydrogen (secondary N) is 1. The summed E-state index contributed by atoms with van der Waals surface area (Å²) >= 11 is 0. The molecule has 14 heavy (non-hydrogen) atoms. The smallest absolute Gasteiger partial charge is 0.0696 e. The van der Waals surface area contributed by atoms with Crippen LogP contribution in [0.25, 0.3) is 0 Å². The van der Waals surface area contributed by atoms with E-state index in [2.05, 4.69) is 17.4 Å². The maximum atomic E-state index is 9.77. The molecule has 76 valence electrons. The van der Waals surface area contributed by atoms with Crippen LogP contribution < -0.4 is 5.32 Å². The van der Waals surface area contributed by atoms with E-state index in [1.54, 1.807) is 0 Å². The molecule has 0 aromatic heterocycles. The summed E-state index contributed by atoms with van der Waals surface area (Å²) in [6, 6.07) is 10.6. The van der Waals surface area contributed by atoms with Crippen molar-refractivity contribution >= 4 is 0 Å². The lowest BCUT2D eigenvalue weighted by Gasteiger charge is -2.29. The summed E-state index contributed by atoms with van der Waals surface area (Å²) in [5, 5.41) is 13.1. The first-order valence-electron chi connectivity index (χ1n) is 5.31. The van der Waals surface area contributed by atoms with Gasteiger partial charge in [-0.2, -0.15) is 0 Å². The van der Waals surface area contributed by atoms with Crippen LogP contribution in [0.2, 0.25) is 0 Å². The topological polar surface area (TPSA) is 32.3 Å². The number of rotatable bonds is 2. The number of aliphatic hydroxyl groups excluding tert-OH is 1. The van der Waals surface area contributed by atoms with Gasteiger partial charge in [0.2, 0.25) is 0 Å². The van der Waals surface area contributed by atoms with Gasteiger partial charge in [-0.15, -0.1) is 0 Å². The molecule has 0 unspecified atom stereocenters. The zero-order chi connectivity index (χ0) is 9.80. The standard InChI is InChI=1S/C12H17NO/c14-12-7-4-8-13-11(12)9-10-5-2-1-3-6-10/h1-3,5-6,11-14H,4,7-9H2/t11-,12+/m1/s1. The Morgan fingerprint density at radius 2 is 2.07 bits per heavy atom. The van der Waals surface area contributed by atoms with Crippen molar-refractivity contribution in [1.29, 1.82) is 0 Å². The van der Waals surface area contributed by atoms with E-state index in [1.165, 1.54) is 5.56 Å². The highest BCUT2D eigenvalue weighted by Crippen LogP contribution is 2.13. The molecule has 1 aliphatic rings. The maximum absolute atomic E-state index is 9.77. The van der Waals surface area contributed by atoms with E-state index >= 15 is 0 Å². The van der Waals surface area contributed by atoms with Gasteiger partial charge in [-0.25, -0.2) is 0 Å². The molecule has 1 heterocycles. The average molecular weight is 191 g/mol. The molecule has 0 spiro atoms. The summed E-state index contributed by atoms with van der Waals surface area (Å²) < 4.78 is 0. The quantitative estimate of drug-likeness (QED) is 0.739. The first kappa shape index (κ1) is 9.69. The molecule has 2 nitrogen and oxygen atoms in total. The largest absolute Gasteiger partial charge is 0.391 e. The SMILES string of the molecule is O[C@H]1CCCN[C@@H]1Cc1ccccc1. The van der Waals surface area contributed by atoms with Crippen LogP contribution in [-0.2, 0) is 6.42 Å². The molecule has 0 bridgehead atoms. The molecule has 2 heteroatoms. The van der Waals surface area contributed by atoms with E-state index in [1.807, 2.05) is 18.2 Å². The highest BCUT2D eigenvalue weighted by atomic mass is 16.3. The molecule has 2 atom stereocenters. The van der Waals surface area contributed by atoms with Gasteiger partial charge >= 0.3 is 0 Å². The molecule has 1 fully saturated rings. The van der Waals surface area contributed by atoms with Gasteiger partial charge in [-0.05, 0) is 31.4 Å². The lowest BCUT2D eigenvalue weighted by atomic mass is 9.95. The predicted molar refractivity (Wildman–Crippen MR) is 57.2 cm³/mol. The van der Waals surface area contributed by atoms with Gasteiger partial charge in [0, 0.05) is 6.04 Å². The second-order valence-electron chi connectivity index (χ2n) is 3.96. The summed E-state index contributed by atoms with van der Waals surface area (Å²) in [7, 11) is 0. The Morgan fingerprint density at radius 1 is 1.29 bits per heavy atom. The fourth-order valence-corrected chi connectivity index (χ4v) is 2.01. The normalized spacial score (nSPS) is 27.5. The minimum absolute atomic E-state index is 0.177. The van der Waals surface area contributed by atoms with E-state index in [0.717, 1.165) is 25.8 Å². The van der Waals surface area contributed by atoms with Crippen molar-refractivity contribution in [2.45, 2.75) is 31.4 Å². The van der Waals surface area contributed by atoms with Gasteiger partial charge in [0.15, 0.2) is 0 Å². The Labute approximate surface area is 85.0 Å². The van der Waals surface area contributed by atoms with Gasteiger partial charge in [0.25, 0.3) is 0 Å². The monoisotopic (exact) mass is 191 g/mol. The van der Waals surface area contributed by atoms with E-state index in [9.17, 15) is 5.11 Å². The third-order valence-electron chi connectivity index (χ3n) is 2.85. The van der Waals surface area contributed by atoms with Crippen molar-refractivity contribution in [2.24, 2.45) is 0 Å². The average Bonchev–Trinajstić information content (AvgIpc) is 2.23. The number of piperidine rings is 1. The number of aliphatic hydroxyl groups is 1. The summed E-state index contributed by atoms with van der Waals surface area (Å²) in [6.45, 7) is 1.04. The summed E-state index contributed by atoms with van der Waals surface area (Å²) in [4.78, 5) is 0. The zero-order valence-electron chi connectivity index (χ0n) is 8.32. The Bertz CT molecular complexity index is 273. The van der Waals surface area contributed by atoms with Crippen LogP contribution in [0.15, 0.2) is 30.3 Å².